The lowest BCUT2D eigenvalue weighted by molar-refractivity contribution is -0.121. The van der Waals surface area contributed by atoms with Crippen LogP contribution < -0.4 is 15.4 Å². The number of carbonyl (C=O) groups is 1. The Morgan fingerprint density at radius 2 is 2.17 bits per heavy atom. The Morgan fingerprint density at radius 3 is 2.89 bits per heavy atom. The van der Waals surface area contributed by atoms with Crippen LogP contribution in [-0.2, 0) is 4.79 Å². The van der Waals surface area contributed by atoms with Gasteiger partial charge in [-0.15, -0.1) is 0 Å². The number of rotatable bonds is 8. The fourth-order valence-corrected chi connectivity index (χ4v) is 1.53. The summed E-state index contributed by atoms with van der Waals surface area (Å²) in [5.74, 6) is 0.903. The zero-order chi connectivity index (χ0) is 13.2. The molecule has 1 amide bonds. The molecule has 18 heavy (non-hydrogen) atoms. The molecule has 0 aliphatic rings. The van der Waals surface area contributed by atoms with Crippen LogP contribution in [-0.4, -0.2) is 32.1 Å². The quantitative estimate of drug-likeness (QED) is 0.687. The molecular formula is C14H22N2O2. The van der Waals surface area contributed by atoms with Crippen LogP contribution >= 0.6 is 0 Å². The fourth-order valence-electron chi connectivity index (χ4n) is 1.53. The van der Waals surface area contributed by atoms with E-state index in [2.05, 4.69) is 10.6 Å². The van der Waals surface area contributed by atoms with Gasteiger partial charge in [0.25, 0.3) is 0 Å². The number of hydrogen-bond donors (Lipinski definition) is 2. The molecule has 4 nitrogen and oxygen atoms in total. The van der Waals surface area contributed by atoms with Crippen molar-refractivity contribution in [3.05, 3.63) is 29.8 Å². The maximum Gasteiger partial charge on any atom is 0.221 e. The normalized spacial score (nSPS) is 10.1. The molecule has 0 atom stereocenters. The zero-order valence-corrected chi connectivity index (χ0v) is 11.2. The van der Waals surface area contributed by atoms with Gasteiger partial charge in [-0.1, -0.05) is 19.1 Å². The number of benzene rings is 1. The van der Waals surface area contributed by atoms with Crippen molar-refractivity contribution in [3.8, 4) is 5.75 Å². The first kappa shape index (κ1) is 14.5. The SMILES string of the molecule is CCNCCC(=O)NCCOc1cccc(C)c1. The van der Waals surface area contributed by atoms with Gasteiger partial charge in [-0.2, -0.15) is 0 Å². The lowest BCUT2D eigenvalue weighted by atomic mass is 10.2. The zero-order valence-electron chi connectivity index (χ0n) is 11.2. The van der Waals surface area contributed by atoms with Crippen LogP contribution in [0.5, 0.6) is 5.75 Å². The monoisotopic (exact) mass is 250 g/mol. The number of aryl methyl sites for hydroxylation is 1. The van der Waals surface area contributed by atoms with Crippen molar-refractivity contribution < 1.29 is 9.53 Å². The molecular weight excluding hydrogens is 228 g/mol. The number of ether oxygens (including phenoxy) is 1. The molecule has 0 aliphatic carbocycles. The second-order valence-electron chi connectivity index (χ2n) is 4.12. The maximum absolute atomic E-state index is 11.4. The topological polar surface area (TPSA) is 50.4 Å². The van der Waals surface area contributed by atoms with E-state index in [0.29, 0.717) is 19.6 Å². The van der Waals surface area contributed by atoms with Crippen molar-refractivity contribution in [2.45, 2.75) is 20.3 Å². The molecule has 0 unspecified atom stereocenters. The van der Waals surface area contributed by atoms with Crippen LogP contribution in [0.2, 0.25) is 0 Å². The average molecular weight is 250 g/mol. The first-order valence-corrected chi connectivity index (χ1v) is 6.39. The van der Waals surface area contributed by atoms with E-state index in [1.165, 1.54) is 5.56 Å². The third-order valence-corrected chi connectivity index (χ3v) is 2.46. The van der Waals surface area contributed by atoms with E-state index in [9.17, 15) is 4.79 Å². The van der Waals surface area contributed by atoms with Crippen LogP contribution in [0.4, 0.5) is 0 Å². The molecule has 4 heteroatoms. The summed E-state index contributed by atoms with van der Waals surface area (Å²) >= 11 is 0. The standard InChI is InChI=1S/C14H22N2O2/c1-3-15-8-7-14(17)16-9-10-18-13-6-4-5-12(2)11-13/h4-6,11,15H,3,7-10H2,1-2H3,(H,16,17). The second-order valence-corrected chi connectivity index (χ2v) is 4.12. The minimum atomic E-state index is 0.0591. The van der Waals surface area contributed by atoms with Crippen LogP contribution in [0.1, 0.15) is 18.9 Å². The highest BCUT2D eigenvalue weighted by molar-refractivity contribution is 5.76. The van der Waals surface area contributed by atoms with Gasteiger partial charge in [-0.3, -0.25) is 4.79 Å². The minimum absolute atomic E-state index is 0.0591. The smallest absolute Gasteiger partial charge is 0.221 e. The van der Waals surface area contributed by atoms with Crippen LogP contribution in [0.15, 0.2) is 24.3 Å². The summed E-state index contributed by atoms with van der Waals surface area (Å²) < 4.78 is 5.53. The van der Waals surface area contributed by atoms with E-state index in [-0.39, 0.29) is 5.91 Å². The molecule has 0 radical (unpaired) electrons. The molecule has 1 rings (SSSR count). The van der Waals surface area contributed by atoms with E-state index in [1.807, 2.05) is 38.1 Å². The van der Waals surface area contributed by atoms with Gasteiger partial charge in [0.15, 0.2) is 0 Å². The third-order valence-electron chi connectivity index (χ3n) is 2.46. The van der Waals surface area contributed by atoms with E-state index in [4.69, 9.17) is 4.74 Å². The second kappa shape index (κ2) is 8.53. The van der Waals surface area contributed by atoms with E-state index >= 15 is 0 Å². The molecule has 1 aromatic carbocycles. The van der Waals surface area contributed by atoms with E-state index in [1.54, 1.807) is 0 Å². The molecule has 2 N–H and O–H groups in total. The largest absolute Gasteiger partial charge is 0.492 e. The van der Waals surface area contributed by atoms with Crippen molar-refractivity contribution in [2.24, 2.45) is 0 Å². The summed E-state index contributed by atoms with van der Waals surface area (Å²) in [6.07, 6.45) is 0.512. The highest BCUT2D eigenvalue weighted by Crippen LogP contribution is 2.11. The summed E-state index contributed by atoms with van der Waals surface area (Å²) in [5.41, 5.74) is 1.17. The third kappa shape index (κ3) is 6.25. The van der Waals surface area contributed by atoms with Crippen LogP contribution in [0.3, 0.4) is 0 Å². The predicted octanol–water partition coefficient (Wildman–Crippen LogP) is 1.49. The Hall–Kier alpha value is -1.55. The highest BCUT2D eigenvalue weighted by Gasteiger charge is 1.99. The molecule has 0 saturated carbocycles. The Bertz CT molecular complexity index is 367. The summed E-state index contributed by atoms with van der Waals surface area (Å²) in [5, 5.41) is 5.93. The van der Waals surface area contributed by atoms with E-state index in [0.717, 1.165) is 18.8 Å². The van der Waals surface area contributed by atoms with Crippen molar-refractivity contribution in [1.82, 2.24) is 10.6 Å². The lowest BCUT2D eigenvalue weighted by Gasteiger charge is -2.08. The number of amides is 1. The van der Waals surface area contributed by atoms with Gasteiger partial charge in [-0.05, 0) is 31.2 Å². The maximum atomic E-state index is 11.4. The van der Waals surface area contributed by atoms with Crippen LogP contribution in [0, 0.1) is 6.92 Å². The molecule has 1 aromatic rings. The number of nitrogens with one attached hydrogen (secondary N) is 2. The van der Waals surface area contributed by atoms with Crippen molar-refractivity contribution in [1.29, 1.82) is 0 Å². The first-order valence-electron chi connectivity index (χ1n) is 6.39. The minimum Gasteiger partial charge on any atom is -0.492 e. The van der Waals surface area contributed by atoms with Gasteiger partial charge in [0, 0.05) is 13.0 Å². The molecule has 0 spiro atoms. The lowest BCUT2D eigenvalue weighted by Crippen LogP contribution is -2.30. The van der Waals surface area contributed by atoms with Crippen molar-refractivity contribution >= 4 is 5.91 Å². The Kier molecular flexibility index (Phi) is 6.87. The average Bonchev–Trinajstić information content (AvgIpc) is 2.35. The van der Waals surface area contributed by atoms with Crippen LogP contribution in [0.25, 0.3) is 0 Å². The molecule has 0 fully saturated rings. The molecule has 100 valence electrons. The highest BCUT2D eigenvalue weighted by atomic mass is 16.5. The molecule has 0 aliphatic heterocycles. The van der Waals surface area contributed by atoms with Gasteiger partial charge in [-0.25, -0.2) is 0 Å². The first-order chi connectivity index (χ1) is 8.72. The van der Waals surface area contributed by atoms with Crippen molar-refractivity contribution in [2.75, 3.05) is 26.2 Å². The Labute approximate surface area is 109 Å². The van der Waals surface area contributed by atoms with Gasteiger partial charge in [0.2, 0.25) is 5.91 Å². The molecule has 0 aromatic heterocycles. The fraction of sp³-hybridized carbons (Fsp3) is 0.500. The molecule has 0 heterocycles. The van der Waals surface area contributed by atoms with Gasteiger partial charge in [0.1, 0.15) is 12.4 Å². The Balaban J connectivity index is 2.09. The molecule has 0 bridgehead atoms. The van der Waals surface area contributed by atoms with Gasteiger partial charge in [0.05, 0.1) is 6.54 Å². The summed E-state index contributed by atoms with van der Waals surface area (Å²) in [7, 11) is 0. The van der Waals surface area contributed by atoms with Crippen molar-refractivity contribution in [3.63, 3.8) is 0 Å². The summed E-state index contributed by atoms with van der Waals surface area (Å²) in [6, 6.07) is 7.88. The Morgan fingerprint density at radius 1 is 1.33 bits per heavy atom. The summed E-state index contributed by atoms with van der Waals surface area (Å²) in [4.78, 5) is 11.4. The van der Waals surface area contributed by atoms with Gasteiger partial charge < -0.3 is 15.4 Å². The predicted molar refractivity (Wildman–Crippen MR) is 72.8 cm³/mol. The number of carbonyl (C=O) groups excluding carboxylic acids is 1. The summed E-state index contributed by atoms with van der Waals surface area (Å²) in [6.45, 7) is 6.70. The number of hydrogen-bond acceptors (Lipinski definition) is 3. The molecule has 0 saturated heterocycles. The van der Waals surface area contributed by atoms with Gasteiger partial charge >= 0.3 is 0 Å². The van der Waals surface area contributed by atoms with E-state index < -0.39 is 0 Å².